The highest BCUT2D eigenvalue weighted by atomic mass is 32.2. The van der Waals surface area contributed by atoms with E-state index in [1.165, 1.54) is 11.8 Å². The predicted molar refractivity (Wildman–Crippen MR) is 150 cm³/mol. The zero-order valence-corrected chi connectivity index (χ0v) is 22.2. The quantitative estimate of drug-likeness (QED) is 0.223. The Morgan fingerprint density at radius 1 is 0.865 bits per heavy atom. The molecule has 0 heterocycles. The standard InChI is InChI=1S/C29H28N2O4S2/c1-3-35-27-12-8-7-11-26(27)30-29(32)28(22-9-5-4-6-10-22)36-24-17-15-23(16-18-24)31-37(33,34)25-19-13-21(2)14-20-25/h4-20,28,31H,3H2,1-2H3,(H,30,32). The van der Waals surface area contributed by atoms with E-state index in [2.05, 4.69) is 10.0 Å². The minimum absolute atomic E-state index is 0.187. The van der Waals surface area contributed by atoms with Gasteiger partial charge < -0.3 is 10.1 Å². The molecule has 1 atom stereocenters. The van der Waals surface area contributed by atoms with Crippen molar-refractivity contribution in [1.29, 1.82) is 0 Å². The normalized spacial score (nSPS) is 11.9. The SMILES string of the molecule is CCOc1ccccc1NC(=O)C(Sc1ccc(NS(=O)(=O)c2ccc(C)cc2)cc1)c1ccccc1. The van der Waals surface area contributed by atoms with Crippen molar-refractivity contribution in [3.8, 4) is 5.75 Å². The molecule has 0 spiro atoms. The number of carbonyl (C=O) groups excluding carboxylic acids is 1. The third kappa shape index (κ3) is 6.93. The molecule has 1 unspecified atom stereocenters. The molecule has 0 aliphatic heterocycles. The van der Waals surface area contributed by atoms with Crippen molar-refractivity contribution in [3.05, 3.63) is 114 Å². The van der Waals surface area contributed by atoms with Crippen molar-refractivity contribution in [3.63, 3.8) is 0 Å². The Morgan fingerprint density at radius 2 is 1.51 bits per heavy atom. The van der Waals surface area contributed by atoms with Crippen LogP contribution in [0.1, 0.15) is 23.3 Å². The number of thioether (sulfide) groups is 1. The highest BCUT2D eigenvalue weighted by Gasteiger charge is 2.23. The van der Waals surface area contributed by atoms with Crippen LogP contribution in [0.3, 0.4) is 0 Å². The van der Waals surface area contributed by atoms with Gasteiger partial charge >= 0.3 is 0 Å². The van der Waals surface area contributed by atoms with Crippen LogP contribution in [0.4, 0.5) is 11.4 Å². The van der Waals surface area contributed by atoms with Crippen LogP contribution in [0.15, 0.2) is 113 Å². The lowest BCUT2D eigenvalue weighted by atomic mass is 10.1. The van der Waals surface area contributed by atoms with Gasteiger partial charge in [-0.1, -0.05) is 60.2 Å². The summed E-state index contributed by atoms with van der Waals surface area (Å²) in [7, 11) is -3.70. The number of para-hydroxylation sites is 2. The van der Waals surface area contributed by atoms with Crippen LogP contribution in [0, 0.1) is 6.92 Å². The Hall–Kier alpha value is -3.75. The van der Waals surface area contributed by atoms with Gasteiger partial charge in [0.25, 0.3) is 10.0 Å². The number of sulfonamides is 1. The fourth-order valence-corrected chi connectivity index (χ4v) is 5.70. The van der Waals surface area contributed by atoms with Gasteiger partial charge in [-0.3, -0.25) is 9.52 Å². The number of rotatable bonds is 10. The number of ether oxygens (including phenoxy) is 1. The van der Waals surface area contributed by atoms with E-state index >= 15 is 0 Å². The van der Waals surface area contributed by atoms with Gasteiger partial charge in [0.1, 0.15) is 11.0 Å². The first-order chi connectivity index (χ1) is 17.9. The fourth-order valence-electron chi connectivity index (χ4n) is 3.62. The van der Waals surface area contributed by atoms with Crippen LogP contribution in [0.2, 0.25) is 0 Å². The summed E-state index contributed by atoms with van der Waals surface area (Å²) < 4.78 is 33.7. The van der Waals surface area contributed by atoms with E-state index in [-0.39, 0.29) is 10.8 Å². The van der Waals surface area contributed by atoms with Gasteiger partial charge in [0.2, 0.25) is 5.91 Å². The van der Waals surface area contributed by atoms with E-state index in [9.17, 15) is 13.2 Å². The maximum atomic E-state index is 13.4. The topological polar surface area (TPSA) is 84.5 Å². The molecule has 0 fully saturated rings. The molecule has 6 nitrogen and oxygen atoms in total. The number of anilines is 2. The Morgan fingerprint density at radius 3 is 2.19 bits per heavy atom. The molecule has 0 saturated heterocycles. The summed E-state index contributed by atoms with van der Waals surface area (Å²) >= 11 is 1.38. The lowest BCUT2D eigenvalue weighted by molar-refractivity contribution is -0.115. The van der Waals surface area contributed by atoms with Gasteiger partial charge in [-0.05, 0) is 67.9 Å². The van der Waals surface area contributed by atoms with Crippen molar-refractivity contribution in [2.45, 2.75) is 28.9 Å². The monoisotopic (exact) mass is 532 g/mol. The molecule has 0 aliphatic carbocycles. The highest BCUT2D eigenvalue weighted by molar-refractivity contribution is 8.00. The summed E-state index contributed by atoms with van der Waals surface area (Å²) in [5, 5.41) is 2.47. The molecule has 37 heavy (non-hydrogen) atoms. The molecule has 190 valence electrons. The van der Waals surface area contributed by atoms with E-state index in [1.54, 1.807) is 48.5 Å². The largest absolute Gasteiger partial charge is 0.492 e. The van der Waals surface area contributed by atoms with E-state index < -0.39 is 15.3 Å². The molecule has 8 heteroatoms. The average Bonchev–Trinajstić information content (AvgIpc) is 2.90. The molecule has 0 aliphatic rings. The van der Waals surface area contributed by atoms with Gasteiger partial charge in [0.15, 0.2) is 0 Å². The van der Waals surface area contributed by atoms with Crippen molar-refractivity contribution in [1.82, 2.24) is 0 Å². The number of aryl methyl sites for hydroxylation is 1. The Bertz CT molecular complexity index is 1440. The Balaban J connectivity index is 1.52. The molecule has 2 N–H and O–H groups in total. The fraction of sp³-hybridized carbons (Fsp3) is 0.138. The Kier molecular flexibility index (Phi) is 8.53. The van der Waals surface area contributed by atoms with E-state index in [1.807, 2.05) is 68.4 Å². The Labute approximate surface area is 222 Å². The zero-order chi connectivity index (χ0) is 26.3. The molecule has 0 radical (unpaired) electrons. The minimum Gasteiger partial charge on any atom is -0.492 e. The smallest absolute Gasteiger partial charge is 0.261 e. The molecule has 1 amide bonds. The van der Waals surface area contributed by atoms with Gasteiger partial charge in [-0.2, -0.15) is 0 Å². The number of carbonyl (C=O) groups is 1. The summed E-state index contributed by atoms with van der Waals surface area (Å²) in [5.74, 6) is 0.424. The molecular formula is C29H28N2O4S2. The third-order valence-corrected chi connectivity index (χ3v) is 8.14. The first-order valence-corrected chi connectivity index (χ1v) is 14.2. The number of hydrogen-bond donors (Lipinski definition) is 2. The molecule has 0 aromatic heterocycles. The molecular weight excluding hydrogens is 504 g/mol. The van der Waals surface area contributed by atoms with Crippen LogP contribution < -0.4 is 14.8 Å². The van der Waals surface area contributed by atoms with Gasteiger partial charge in [0, 0.05) is 10.6 Å². The van der Waals surface area contributed by atoms with E-state index in [4.69, 9.17) is 4.74 Å². The lowest BCUT2D eigenvalue weighted by Crippen LogP contribution is -2.19. The summed E-state index contributed by atoms with van der Waals surface area (Å²) in [6.07, 6.45) is 0. The van der Waals surface area contributed by atoms with Crippen molar-refractivity contribution < 1.29 is 17.9 Å². The van der Waals surface area contributed by atoms with Gasteiger partial charge in [-0.25, -0.2) is 8.42 Å². The molecule has 0 bridgehead atoms. The zero-order valence-electron chi connectivity index (χ0n) is 20.5. The maximum Gasteiger partial charge on any atom is 0.261 e. The maximum absolute atomic E-state index is 13.4. The first kappa shape index (κ1) is 26.3. The van der Waals surface area contributed by atoms with Crippen molar-refractivity contribution >= 4 is 39.1 Å². The third-order valence-electron chi connectivity index (χ3n) is 5.48. The minimum atomic E-state index is -3.70. The van der Waals surface area contributed by atoms with Crippen LogP contribution in [0.25, 0.3) is 0 Å². The number of hydrogen-bond acceptors (Lipinski definition) is 5. The second-order valence-electron chi connectivity index (χ2n) is 8.27. The van der Waals surface area contributed by atoms with E-state index in [0.29, 0.717) is 23.7 Å². The van der Waals surface area contributed by atoms with Crippen LogP contribution in [-0.4, -0.2) is 20.9 Å². The van der Waals surface area contributed by atoms with Crippen LogP contribution in [-0.2, 0) is 14.8 Å². The highest BCUT2D eigenvalue weighted by Crippen LogP contribution is 2.37. The first-order valence-electron chi connectivity index (χ1n) is 11.8. The number of benzene rings is 4. The summed E-state index contributed by atoms with van der Waals surface area (Å²) in [5.41, 5.74) is 2.88. The summed E-state index contributed by atoms with van der Waals surface area (Å²) in [6, 6.07) is 30.5. The molecule has 0 saturated carbocycles. The second kappa shape index (κ2) is 12.0. The number of nitrogens with one attached hydrogen (secondary N) is 2. The summed E-state index contributed by atoms with van der Waals surface area (Å²) in [6.45, 7) is 4.29. The van der Waals surface area contributed by atoms with E-state index in [0.717, 1.165) is 16.0 Å². The average molecular weight is 533 g/mol. The van der Waals surface area contributed by atoms with Crippen molar-refractivity contribution in [2.24, 2.45) is 0 Å². The van der Waals surface area contributed by atoms with Gasteiger partial charge in [0.05, 0.1) is 17.2 Å². The molecule has 4 aromatic carbocycles. The molecule has 4 aromatic rings. The van der Waals surface area contributed by atoms with Crippen molar-refractivity contribution in [2.75, 3.05) is 16.6 Å². The summed E-state index contributed by atoms with van der Waals surface area (Å²) in [4.78, 5) is 14.4. The van der Waals surface area contributed by atoms with Crippen LogP contribution in [0.5, 0.6) is 5.75 Å². The van der Waals surface area contributed by atoms with Gasteiger partial charge in [-0.15, -0.1) is 11.8 Å². The molecule has 4 rings (SSSR count). The lowest BCUT2D eigenvalue weighted by Gasteiger charge is -2.19. The number of amides is 1. The predicted octanol–water partition coefficient (Wildman–Crippen LogP) is 6.67. The van der Waals surface area contributed by atoms with Crippen LogP contribution >= 0.6 is 11.8 Å². The second-order valence-corrected chi connectivity index (χ2v) is 11.1.